The first kappa shape index (κ1) is 19.5. The number of fused-ring (bicyclic) bond motifs is 6. The van der Waals surface area contributed by atoms with Gasteiger partial charge >= 0.3 is 11.8 Å². The van der Waals surface area contributed by atoms with Crippen molar-refractivity contribution in [2.45, 2.75) is 18.5 Å². The van der Waals surface area contributed by atoms with Gasteiger partial charge in [0.25, 0.3) is 0 Å². The molecule has 0 spiro atoms. The molecule has 0 aliphatic carbocycles. The molecule has 4 aromatic rings. The quantitative estimate of drug-likeness (QED) is 0.517. The monoisotopic (exact) mass is 443 g/mol. The lowest BCUT2D eigenvalue weighted by atomic mass is 10.1. The zero-order chi connectivity index (χ0) is 22.7. The molecule has 1 fully saturated rings. The van der Waals surface area contributed by atoms with Gasteiger partial charge < -0.3 is 14.6 Å². The maximum atomic E-state index is 13.4. The van der Waals surface area contributed by atoms with Crippen LogP contribution in [0.4, 0.5) is 4.79 Å². The average molecular weight is 443 g/mol. The number of nitrogens with zero attached hydrogens (tertiary/aromatic N) is 3. The van der Waals surface area contributed by atoms with Gasteiger partial charge in [0.15, 0.2) is 0 Å². The molecule has 1 aromatic heterocycles. The summed E-state index contributed by atoms with van der Waals surface area (Å²) in [5.41, 5.74) is 0.773. The van der Waals surface area contributed by atoms with Crippen molar-refractivity contribution in [2.24, 2.45) is 0 Å². The van der Waals surface area contributed by atoms with Gasteiger partial charge in [-0.25, -0.2) is 14.2 Å². The minimum atomic E-state index is -0.510. The molecule has 8 nitrogen and oxygen atoms in total. The number of benzene rings is 3. The molecule has 2 unspecified atom stereocenters. The summed E-state index contributed by atoms with van der Waals surface area (Å²) >= 11 is 0. The summed E-state index contributed by atoms with van der Waals surface area (Å²) in [6, 6.07) is 19.5. The van der Waals surface area contributed by atoms with Crippen LogP contribution in [-0.4, -0.2) is 38.9 Å². The van der Waals surface area contributed by atoms with E-state index in [9.17, 15) is 14.7 Å². The van der Waals surface area contributed by atoms with Crippen molar-refractivity contribution < 1.29 is 19.4 Å². The van der Waals surface area contributed by atoms with E-state index in [0.717, 1.165) is 10.8 Å². The van der Waals surface area contributed by atoms with E-state index in [4.69, 9.17) is 9.47 Å². The van der Waals surface area contributed by atoms with Crippen molar-refractivity contribution in [3.63, 3.8) is 0 Å². The summed E-state index contributed by atoms with van der Waals surface area (Å²) in [5, 5.41) is 13.0. The standard InChI is InChI=1S/C25H21N3O5/c1-32-17-9-11-18(12-10-17)33-25(31)26-14-16-13-21(26)22-23(29)28(24(30)27(16)22)20-8-4-6-15-5-2-3-7-19(15)20/h2-12,16,21,29H,13-14H2,1H3. The molecular weight excluding hydrogens is 422 g/mol. The first-order valence-corrected chi connectivity index (χ1v) is 10.7. The first-order valence-electron chi connectivity index (χ1n) is 10.7. The Morgan fingerprint density at radius 1 is 1.00 bits per heavy atom. The van der Waals surface area contributed by atoms with Crippen molar-refractivity contribution in [1.29, 1.82) is 0 Å². The Hall–Kier alpha value is -4.20. The predicted octanol–water partition coefficient (Wildman–Crippen LogP) is 4.01. The molecule has 0 radical (unpaired) electrons. The lowest BCUT2D eigenvalue weighted by Crippen LogP contribution is -2.39. The van der Waals surface area contributed by atoms with Gasteiger partial charge in [-0.15, -0.1) is 0 Å². The van der Waals surface area contributed by atoms with Crippen molar-refractivity contribution in [1.82, 2.24) is 14.0 Å². The van der Waals surface area contributed by atoms with Gasteiger partial charge in [-0.2, -0.15) is 0 Å². The number of hydrogen-bond donors (Lipinski definition) is 1. The van der Waals surface area contributed by atoms with Crippen molar-refractivity contribution >= 4 is 16.9 Å². The summed E-state index contributed by atoms with van der Waals surface area (Å²) in [7, 11) is 1.57. The van der Waals surface area contributed by atoms with E-state index in [1.54, 1.807) is 40.8 Å². The number of aromatic hydroxyl groups is 1. The molecule has 3 heterocycles. The van der Waals surface area contributed by atoms with Gasteiger partial charge in [-0.05, 0) is 42.1 Å². The van der Waals surface area contributed by atoms with Crippen LogP contribution < -0.4 is 15.2 Å². The van der Waals surface area contributed by atoms with Crippen LogP contribution in [0.3, 0.4) is 0 Å². The lowest BCUT2D eigenvalue weighted by Gasteiger charge is -2.26. The van der Waals surface area contributed by atoms with Crippen LogP contribution in [-0.2, 0) is 0 Å². The summed E-state index contributed by atoms with van der Waals surface area (Å²) in [4.78, 5) is 27.9. The second-order valence-electron chi connectivity index (χ2n) is 8.30. The first-order chi connectivity index (χ1) is 16.1. The summed E-state index contributed by atoms with van der Waals surface area (Å²) < 4.78 is 13.6. The Morgan fingerprint density at radius 3 is 2.52 bits per heavy atom. The Kier molecular flexibility index (Phi) is 4.23. The van der Waals surface area contributed by atoms with Gasteiger partial charge in [-0.1, -0.05) is 36.4 Å². The molecule has 2 aliphatic heterocycles. The SMILES string of the molecule is COc1ccc(OC(=O)N2CC3CC2c2c(O)n(-c4cccc5ccccc45)c(=O)n23)cc1. The number of ether oxygens (including phenoxy) is 2. The number of amides is 1. The van der Waals surface area contributed by atoms with E-state index in [-0.39, 0.29) is 17.6 Å². The number of rotatable bonds is 3. The molecule has 33 heavy (non-hydrogen) atoms. The van der Waals surface area contributed by atoms with Crippen LogP contribution in [0.15, 0.2) is 71.5 Å². The number of hydrogen-bond acceptors (Lipinski definition) is 5. The molecular formula is C25H21N3O5. The number of likely N-dealkylation sites (tertiary alicyclic amines) is 1. The maximum absolute atomic E-state index is 13.4. The largest absolute Gasteiger partial charge is 0.497 e. The van der Waals surface area contributed by atoms with Crippen LogP contribution in [0.5, 0.6) is 17.4 Å². The van der Waals surface area contributed by atoms with E-state index in [1.165, 1.54) is 4.57 Å². The van der Waals surface area contributed by atoms with E-state index in [0.29, 0.717) is 35.8 Å². The minimum absolute atomic E-state index is 0.134. The lowest BCUT2D eigenvalue weighted by molar-refractivity contribution is 0.140. The molecule has 2 bridgehead atoms. The molecule has 1 N–H and O–H groups in total. The van der Waals surface area contributed by atoms with Crippen LogP contribution in [0.2, 0.25) is 0 Å². The minimum Gasteiger partial charge on any atom is -0.497 e. The Morgan fingerprint density at radius 2 is 1.73 bits per heavy atom. The number of imidazole rings is 1. The second-order valence-corrected chi connectivity index (χ2v) is 8.30. The third-order valence-electron chi connectivity index (χ3n) is 6.56. The van der Waals surface area contributed by atoms with Gasteiger partial charge in [0.2, 0.25) is 5.88 Å². The summed E-state index contributed by atoms with van der Waals surface area (Å²) in [5.74, 6) is 0.933. The molecule has 2 aliphatic rings. The van der Waals surface area contributed by atoms with Gasteiger partial charge in [0.1, 0.15) is 17.2 Å². The van der Waals surface area contributed by atoms with Crippen LogP contribution in [0.25, 0.3) is 16.5 Å². The topological polar surface area (TPSA) is 85.9 Å². The number of methoxy groups -OCH3 is 1. The zero-order valence-electron chi connectivity index (χ0n) is 17.8. The summed E-state index contributed by atoms with van der Waals surface area (Å²) in [6.45, 7) is 0.353. The van der Waals surface area contributed by atoms with Crippen LogP contribution in [0.1, 0.15) is 24.2 Å². The van der Waals surface area contributed by atoms with Gasteiger partial charge in [0.05, 0.1) is 24.9 Å². The maximum Gasteiger partial charge on any atom is 0.415 e. The number of carbonyl (C=O) groups excluding carboxylic acids is 1. The normalized spacial score (nSPS) is 18.5. The second kappa shape index (κ2) is 7.16. The average Bonchev–Trinajstić information content (AvgIpc) is 3.51. The highest BCUT2D eigenvalue weighted by molar-refractivity contribution is 5.90. The van der Waals surface area contributed by atoms with Crippen molar-refractivity contribution in [3.05, 3.63) is 82.9 Å². The number of aromatic nitrogens is 2. The molecule has 1 saturated heterocycles. The Labute approximate surface area is 188 Å². The highest BCUT2D eigenvalue weighted by atomic mass is 16.6. The highest BCUT2D eigenvalue weighted by Gasteiger charge is 2.50. The fourth-order valence-electron chi connectivity index (χ4n) is 5.07. The zero-order valence-corrected chi connectivity index (χ0v) is 17.8. The van der Waals surface area contributed by atoms with Crippen molar-refractivity contribution in [3.8, 4) is 23.1 Å². The van der Waals surface area contributed by atoms with Gasteiger partial charge in [0, 0.05) is 11.9 Å². The third kappa shape index (κ3) is 2.83. The molecule has 1 amide bonds. The van der Waals surface area contributed by atoms with Gasteiger partial charge in [-0.3, -0.25) is 9.47 Å². The van der Waals surface area contributed by atoms with E-state index < -0.39 is 12.1 Å². The van der Waals surface area contributed by atoms with E-state index in [1.807, 2.05) is 42.5 Å². The summed E-state index contributed by atoms with van der Waals surface area (Å²) in [6.07, 6.45) is 0.0651. The molecule has 166 valence electrons. The fourth-order valence-corrected chi connectivity index (χ4v) is 5.07. The van der Waals surface area contributed by atoms with E-state index >= 15 is 0 Å². The smallest absolute Gasteiger partial charge is 0.415 e. The molecule has 3 aromatic carbocycles. The van der Waals surface area contributed by atoms with Crippen molar-refractivity contribution in [2.75, 3.05) is 13.7 Å². The fraction of sp³-hybridized carbons (Fsp3) is 0.200. The molecule has 2 atom stereocenters. The highest BCUT2D eigenvalue weighted by Crippen LogP contribution is 2.49. The predicted molar refractivity (Wildman–Crippen MR) is 121 cm³/mol. The Bertz CT molecular complexity index is 1450. The number of carbonyl (C=O) groups is 1. The van der Waals surface area contributed by atoms with E-state index in [2.05, 4.69) is 0 Å². The third-order valence-corrected chi connectivity index (χ3v) is 6.56. The Balaban J connectivity index is 1.36. The van der Waals surface area contributed by atoms with Crippen LogP contribution in [0, 0.1) is 0 Å². The van der Waals surface area contributed by atoms with Crippen LogP contribution >= 0.6 is 0 Å². The molecule has 8 heteroatoms. The molecule has 0 saturated carbocycles. The molecule has 6 rings (SSSR count).